The molecule has 2 saturated heterocycles. The third-order valence-electron chi connectivity index (χ3n) is 4.43. The van der Waals surface area contributed by atoms with Gasteiger partial charge in [-0.2, -0.15) is 0 Å². The Labute approximate surface area is 135 Å². The van der Waals surface area contributed by atoms with Gasteiger partial charge in [-0.15, -0.1) is 24.8 Å². The summed E-state index contributed by atoms with van der Waals surface area (Å²) in [7, 11) is 0. The highest BCUT2D eigenvalue weighted by Gasteiger charge is 2.35. The summed E-state index contributed by atoms with van der Waals surface area (Å²) in [5.74, 6) is 0.230. The zero-order chi connectivity index (χ0) is 13.2. The summed E-state index contributed by atoms with van der Waals surface area (Å²) in [4.78, 5) is 17.0. The van der Waals surface area contributed by atoms with Crippen LogP contribution in [0.3, 0.4) is 0 Å². The summed E-state index contributed by atoms with van der Waals surface area (Å²) < 4.78 is 0. The van der Waals surface area contributed by atoms with E-state index in [4.69, 9.17) is 5.73 Å². The van der Waals surface area contributed by atoms with Crippen molar-refractivity contribution in [1.29, 1.82) is 0 Å². The van der Waals surface area contributed by atoms with Crippen molar-refractivity contribution >= 4 is 30.7 Å². The summed E-state index contributed by atoms with van der Waals surface area (Å²) >= 11 is 0. The minimum atomic E-state index is -0.410. The van der Waals surface area contributed by atoms with Gasteiger partial charge in [-0.25, -0.2) is 0 Å². The van der Waals surface area contributed by atoms with Crippen molar-refractivity contribution in [3.8, 4) is 0 Å². The van der Waals surface area contributed by atoms with Crippen molar-refractivity contribution in [2.75, 3.05) is 32.7 Å². The second-order valence-corrected chi connectivity index (χ2v) is 6.38. The van der Waals surface area contributed by atoms with E-state index in [1.165, 1.54) is 32.4 Å². The maximum Gasteiger partial charge on any atom is 0.229 e. The number of rotatable bonds is 3. The maximum absolute atomic E-state index is 12.4. The molecule has 2 aliphatic rings. The van der Waals surface area contributed by atoms with Crippen LogP contribution in [0.15, 0.2) is 0 Å². The average Bonchev–Trinajstić information content (AvgIpc) is 2.92. The fraction of sp³-hybridized carbons (Fsp3) is 0.929. The highest BCUT2D eigenvalue weighted by atomic mass is 35.5. The van der Waals surface area contributed by atoms with E-state index in [1.54, 1.807) is 0 Å². The first kappa shape index (κ1) is 20.0. The summed E-state index contributed by atoms with van der Waals surface area (Å²) in [6.45, 7) is 8.58. The zero-order valence-corrected chi connectivity index (χ0v) is 14.3. The molecule has 2 rings (SSSR count). The lowest BCUT2D eigenvalue weighted by Crippen LogP contribution is -2.53. The Kier molecular flexibility index (Phi) is 8.41. The lowest BCUT2D eigenvalue weighted by atomic mass is 9.90. The molecule has 2 fully saturated rings. The molecular formula is C14H29Cl2N3O. The minimum absolute atomic E-state index is 0. The van der Waals surface area contributed by atoms with Crippen molar-refractivity contribution in [1.82, 2.24) is 9.80 Å². The van der Waals surface area contributed by atoms with Crippen LogP contribution in [0.5, 0.6) is 0 Å². The van der Waals surface area contributed by atoms with Gasteiger partial charge in [0.15, 0.2) is 0 Å². The Morgan fingerprint density at radius 3 is 2.30 bits per heavy atom. The molecule has 20 heavy (non-hydrogen) atoms. The van der Waals surface area contributed by atoms with Crippen LogP contribution in [0.4, 0.5) is 0 Å². The molecule has 0 spiro atoms. The predicted molar refractivity (Wildman–Crippen MR) is 87.7 cm³/mol. The monoisotopic (exact) mass is 325 g/mol. The number of carbonyl (C=O) groups is 1. The van der Waals surface area contributed by atoms with Gasteiger partial charge in [0.05, 0.1) is 5.41 Å². The first-order valence-electron chi connectivity index (χ1n) is 7.28. The van der Waals surface area contributed by atoms with Gasteiger partial charge in [0, 0.05) is 25.7 Å². The van der Waals surface area contributed by atoms with Crippen LogP contribution in [-0.4, -0.2) is 54.5 Å². The Hall–Kier alpha value is -0.0300. The fourth-order valence-corrected chi connectivity index (χ4v) is 3.06. The smallest absolute Gasteiger partial charge is 0.229 e. The van der Waals surface area contributed by atoms with E-state index in [-0.39, 0.29) is 30.7 Å². The standard InChI is InChI=1S/C14H27N3O.2ClH/c1-14(2,11-15)13(18)17-9-5-6-12(10-17)16-7-3-4-8-16;;/h12H,3-11,15H2,1-2H3;2*1H. The van der Waals surface area contributed by atoms with Gasteiger partial charge in [-0.1, -0.05) is 0 Å². The summed E-state index contributed by atoms with van der Waals surface area (Å²) in [6, 6.07) is 0.582. The van der Waals surface area contributed by atoms with Crippen LogP contribution in [0.2, 0.25) is 0 Å². The largest absolute Gasteiger partial charge is 0.341 e. The Morgan fingerprint density at radius 2 is 1.75 bits per heavy atom. The molecule has 0 aromatic carbocycles. The van der Waals surface area contributed by atoms with Gasteiger partial charge in [-0.3, -0.25) is 9.69 Å². The van der Waals surface area contributed by atoms with E-state index in [2.05, 4.69) is 4.90 Å². The highest BCUT2D eigenvalue weighted by Crippen LogP contribution is 2.24. The van der Waals surface area contributed by atoms with Gasteiger partial charge < -0.3 is 10.6 Å². The third kappa shape index (κ3) is 4.48. The predicted octanol–water partition coefficient (Wildman–Crippen LogP) is 1.90. The normalized spacial score (nSPS) is 23.9. The second kappa shape index (κ2) is 8.42. The molecule has 0 aromatic heterocycles. The van der Waals surface area contributed by atoms with Gasteiger partial charge in [-0.05, 0) is 52.6 Å². The van der Waals surface area contributed by atoms with Crippen molar-refractivity contribution in [3.63, 3.8) is 0 Å². The number of nitrogens with two attached hydrogens (primary N) is 1. The molecule has 120 valence electrons. The molecule has 1 amide bonds. The van der Waals surface area contributed by atoms with E-state index in [9.17, 15) is 4.79 Å². The molecule has 2 N–H and O–H groups in total. The molecule has 2 heterocycles. The van der Waals surface area contributed by atoms with E-state index in [0.29, 0.717) is 12.6 Å². The van der Waals surface area contributed by atoms with Crippen LogP contribution in [0.1, 0.15) is 39.5 Å². The van der Waals surface area contributed by atoms with Crippen molar-refractivity contribution in [2.24, 2.45) is 11.1 Å². The van der Waals surface area contributed by atoms with Crippen LogP contribution in [-0.2, 0) is 4.79 Å². The van der Waals surface area contributed by atoms with Gasteiger partial charge in [0.25, 0.3) is 0 Å². The van der Waals surface area contributed by atoms with Gasteiger partial charge >= 0.3 is 0 Å². The summed E-state index contributed by atoms with van der Waals surface area (Å²) in [6.07, 6.45) is 5.01. The molecule has 6 heteroatoms. The van der Waals surface area contributed by atoms with Crippen LogP contribution in [0.25, 0.3) is 0 Å². The average molecular weight is 326 g/mol. The number of nitrogens with zero attached hydrogens (tertiary/aromatic N) is 2. The second-order valence-electron chi connectivity index (χ2n) is 6.38. The van der Waals surface area contributed by atoms with E-state index in [1.807, 2.05) is 18.7 Å². The number of carbonyl (C=O) groups excluding carboxylic acids is 1. The number of halogens is 2. The van der Waals surface area contributed by atoms with Gasteiger partial charge in [0.1, 0.15) is 0 Å². The van der Waals surface area contributed by atoms with Crippen molar-refractivity contribution < 1.29 is 4.79 Å². The lowest BCUT2D eigenvalue weighted by Gasteiger charge is -2.40. The topological polar surface area (TPSA) is 49.6 Å². The highest BCUT2D eigenvalue weighted by molar-refractivity contribution is 5.85. The maximum atomic E-state index is 12.4. The molecule has 1 unspecified atom stereocenters. The molecule has 0 aromatic rings. The molecule has 1 atom stereocenters. The number of likely N-dealkylation sites (tertiary alicyclic amines) is 2. The zero-order valence-electron chi connectivity index (χ0n) is 12.6. The Balaban J connectivity index is 0.00000180. The van der Waals surface area contributed by atoms with E-state index >= 15 is 0 Å². The van der Waals surface area contributed by atoms with Crippen LogP contribution < -0.4 is 5.73 Å². The third-order valence-corrected chi connectivity index (χ3v) is 4.43. The molecule has 2 aliphatic heterocycles. The lowest BCUT2D eigenvalue weighted by molar-refractivity contribution is -0.142. The summed E-state index contributed by atoms with van der Waals surface area (Å²) in [5.41, 5.74) is 5.30. The Morgan fingerprint density at radius 1 is 1.15 bits per heavy atom. The number of hydrogen-bond donors (Lipinski definition) is 1. The summed E-state index contributed by atoms with van der Waals surface area (Å²) in [5, 5.41) is 0. The number of piperidine rings is 1. The molecule has 0 aliphatic carbocycles. The number of hydrogen-bond acceptors (Lipinski definition) is 3. The Bertz CT molecular complexity index is 307. The molecular weight excluding hydrogens is 297 g/mol. The molecule has 0 radical (unpaired) electrons. The van der Waals surface area contributed by atoms with E-state index in [0.717, 1.165) is 19.5 Å². The quantitative estimate of drug-likeness (QED) is 0.862. The minimum Gasteiger partial charge on any atom is -0.341 e. The molecule has 4 nitrogen and oxygen atoms in total. The molecule has 0 saturated carbocycles. The molecule has 0 bridgehead atoms. The van der Waals surface area contributed by atoms with Crippen LogP contribution >= 0.6 is 24.8 Å². The van der Waals surface area contributed by atoms with E-state index < -0.39 is 5.41 Å². The first-order valence-corrected chi connectivity index (χ1v) is 7.28. The number of amides is 1. The van der Waals surface area contributed by atoms with Crippen molar-refractivity contribution in [2.45, 2.75) is 45.6 Å². The van der Waals surface area contributed by atoms with Crippen LogP contribution in [0, 0.1) is 5.41 Å². The SMILES string of the molecule is CC(C)(CN)C(=O)N1CCCC(N2CCCC2)C1.Cl.Cl. The fourth-order valence-electron chi connectivity index (χ4n) is 3.06. The van der Waals surface area contributed by atoms with Crippen molar-refractivity contribution in [3.05, 3.63) is 0 Å². The van der Waals surface area contributed by atoms with Gasteiger partial charge in [0.2, 0.25) is 5.91 Å². The first-order chi connectivity index (χ1) is 8.54.